The van der Waals surface area contributed by atoms with Crippen molar-refractivity contribution in [3.8, 4) is 0 Å². The van der Waals surface area contributed by atoms with Gasteiger partial charge in [-0.05, 0) is 6.92 Å². The van der Waals surface area contributed by atoms with Crippen LogP contribution in [0.2, 0.25) is 0 Å². The molecule has 0 bridgehead atoms. The van der Waals surface area contributed by atoms with Crippen molar-refractivity contribution >= 4 is 5.69 Å². The van der Waals surface area contributed by atoms with Crippen LogP contribution in [0.4, 0.5) is 5.69 Å². The van der Waals surface area contributed by atoms with E-state index < -0.39 is 0 Å². The first-order chi connectivity index (χ1) is 5.33. The Morgan fingerprint density at radius 3 is 2.64 bits per heavy atom. The normalized spacial score (nSPS) is 9.64. The lowest BCUT2D eigenvalue weighted by Gasteiger charge is -2.02. The first-order valence-electron chi connectivity index (χ1n) is 3.55. The van der Waals surface area contributed by atoms with Crippen LogP contribution in [0, 0.1) is 6.92 Å². The molecule has 0 aliphatic carbocycles. The summed E-state index contributed by atoms with van der Waals surface area (Å²) in [5.41, 5.74) is 6.22. The number of rotatable bonds is 3. The summed E-state index contributed by atoms with van der Waals surface area (Å²) in [6, 6.07) is 0. The summed E-state index contributed by atoms with van der Waals surface area (Å²) in [5, 5.41) is 3.07. The molecule has 3 N–H and O–H groups in total. The maximum atomic E-state index is 5.30. The summed E-state index contributed by atoms with van der Waals surface area (Å²) < 4.78 is 0. The van der Waals surface area contributed by atoms with Crippen LogP contribution in [0.3, 0.4) is 0 Å². The van der Waals surface area contributed by atoms with Gasteiger partial charge in [0.25, 0.3) is 0 Å². The third-order valence-electron chi connectivity index (χ3n) is 1.25. The van der Waals surface area contributed by atoms with Crippen LogP contribution in [-0.2, 0) is 0 Å². The smallest absolute Gasteiger partial charge is 0.125 e. The van der Waals surface area contributed by atoms with Crippen LogP contribution in [-0.4, -0.2) is 23.1 Å². The molecular formula is C7H12N4. The highest BCUT2D eigenvalue weighted by Crippen LogP contribution is 2.00. The van der Waals surface area contributed by atoms with E-state index in [1.54, 1.807) is 12.4 Å². The molecule has 1 rings (SSSR count). The van der Waals surface area contributed by atoms with E-state index in [1.807, 2.05) is 6.92 Å². The van der Waals surface area contributed by atoms with Gasteiger partial charge in [0.15, 0.2) is 0 Å². The van der Waals surface area contributed by atoms with Crippen LogP contribution in [0.1, 0.15) is 5.82 Å². The molecule has 4 heteroatoms. The van der Waals surface area contributed by atoms with Crippen LogP contribution in [0.5, 0.6) is 0 Å². The number of nitrogens with one attached hydrogen (secondary N) is 1. The van der Waals surface area contributed by atoms with E-state index in [1.165, 1.54) is 0 Å². The third-order valence-corrected chi connectivity index (χ3v) is 1.25. The van der Waals surface area contributed by atoms with Gasteiger partial charge < -0.3 is 11.1 Å². The van der Waals surface area contributed by atoms with Crippen LogP contribution < -0.4 is 11.1 Å². The Balaban J connectivity index is 2.52. The third kappa shape index (κ3) is 2.51. The van der Waals surface area contributed by atoms with Crippen molar-refractivity contribution in [3.05, 3.63) is 18.2 Å². The second kappa shape index (κ2) is 3.88. The molecule has 0 fully saturated rings. The van der Waals surface area contributed by atoms with E-state index >= 15 is 0 Å². The maximum Gasteiger partial charge on any atom is 0.125 e. The second-order valence-electron chi connectivity index (χ2n) is 2.23. The van der Waals surface area contributed by atoms with Gasteiger partial charge in [-0.25, -0.2) is 9.97 Å². The van der Waals surface area contributed by atoms with Gasteiger partial charge in [-0.1, -0.05) is 0 Å². The fourth-order valence-electron chi connectivity index (χ4n) is 0.700. The van der Waals surface area contributed by atoms with Crippen LogP contribution in [0.25, 0.3) is 0 Å². The fraction of sp³-hybridized carbons (Fsp3) is 0.429. The standard InChI is InChI=1S/C7H12N4/c1-6-10-4-7(5-11-6)9-3-2-8/h4-5,9H,2-3,8H2,1H3. The van der Waals surface area contributed by atoms with E-state index in [9.17, 15) is 0 Å². The molecule has 0 spiro atoms. The first-order valence-corrected chi connectivity index (χ1v) is 3.55. The number of nitrogens with zero attached hydrogens (tertiary/aromatic N) is 2. The minimum Gasteiger partial charge on any atom is -0.381 e. The van der Waals surface area contributed by atoms with Crippen LogP contribution in [0.15, 0.2) is 12.4 Å². The van der Waals surface area contributed by atoms with Gasteiger partial charge >= 0.3 is 0 Å². The van der Waals surface area contributed by atoms with Crippen molar-refractivity contribution in [2.45, 2.75) is 6.92 Å². The highest BCUT2D eigenvalue weighted by molar-refractivity contribution is 5.37. The fourth-order valence-corrected chi connectivity index (χ4v) is 0.700. The average molecular weight is 152 g/mol. The second-order valence-corrected chi connectivity index (χ2v) is 2.23. The predicted molar refractivity (Wildman–Crippen MR) is 44.3 cm³/mol. The zero-order valence-corrected chi connectivity index (χ0v) is 6.54. The Hall–Kier alpha value is -1.16. The van der Waals surface area contributed by atoms with E-state index in [0.717, 1.165) is 18.1 Å². The number of aryl methyl sites for hydroxylation is 1. The van der Waals surface area contributed by atoms with Crippen molar-refractivity contribution in [2.75, 3.05) is 18.4 Å². The SMILES string of the molecule is Cc1ncc(NCCN)cn1. The summed E-state index contributed by atoms with van der Waals surface area (Å²) in [6.45, 7) is 3.23. The minimum atomic E-state index is 0.619. The summed E-state index contributed by atoms with van der Waals surface area (Å²) in [6.07, 6.45) is 3.50. The molecule has 1 aromatic heterocycles. The van der Waals surface area contributed by atoms with Crippen molar-refractivity contribution < 1.29 is 0 Å². The molecule has 0 saturated heterocycles. The lowest BCUT2D eigenvalue weighted by atomic mass is 10.5. The van der Waals surface area contributed by atoms with Gasteiger partial charge in [0, 0.05) is 13.1 Å². The summed E-state index contributed by atoms with van der Waals surface area (Å²) in [7, 11) is 0. The summed E-state index contributed by atoms with van der Waals surface area (Å²) in [4.78, 5) is 8.04. The lowest BCUT2D eigenvalue weighted by Crippen LogP contribution is -2.13. The lowest BCUT2D eigenvalue weighted by molar-refractivity contribution is 1.000. The molecule has 0 saturated carbocycles. The highest BCUT2D eigenvalue weighted by Gasteiger charge is 1.90. The number of hydrogen-bond acceptors (Lipinski definition) is 4. The van der Waals surface area contributed by atoms with E-state index in [4.69, 9.17) is 5.73 Å². The van der Waals surface area contributed by atoms with Crippen molar-refractivity contribution in [3.63, 3.8) is 0 Å². The molecule has 0 radical (unpaired) electrons. The number of aromatic nitrogens is 2. The van der Waals surface area contributed by atoms with Gasteiger partial charge in [0.2, 0.25) is 0 Å². The maximum absolute atomic E-state index is 5.30. The highest BCUT2D eigenvalue weighted by atomic mass is 14.9. The van der Waals surface area contributed by atoms with E-state index in [2.05, 4.69) is 15.3 Å². The zero-order chi connectivity index (χ0) is 8.10. The molecule has 1 heterocycles. The Labute approximate surface area is 65.9 Å². The number of hydrogen-bond donors (Lipinski definition) is 2. The zero-order valence-electron chi connectivity index (χ0n) is 6.54. The molecule has 0 aromatic carbocycles. The summed E-state index contributed by atoms with van der Waals surface area (Å²) in [5.74, 6) is 0.781. The monoisotopic (exact) mass is 152 g/mol. The molecular weight excluding hydrogens is 140 g/mol. The van der Waals surface area contributed by atoms with Gasteiger partial charge in [-0.15, -0.1) is 0 Å². The van der Waals surface area contributed by atoms with Gasteiger partial charge in [-0.3, -0.25) is 0 Å². The first kappa shape index (κ1) is 7.94. The summed E-state index contributed by atoms with van der Waals surface area (Å²) >= 11 is 0. The molecule has 11 heavy (non-hydrogen) atoms. The molecule has 0 aliphatic rings. The van der Waals surface area contributed by atoms with Crippen molar-refractivity contribution in [2.24, 2.45) is 5.73 Å². The van der Waals surface area contributed by atoms with Crippen molar-refractivity contribution in [1.82, 2.24) is 9.97 Å². The topological polar surface area (TPSA) is 63.8 Å². The Morgan fingerprint density at radius 1 is 1.45 bits per heavy atom. The Kier molecular flexibility index (Phi) is 2.80. The van der Waals surface area contributed by atoms with E-state index in [-0.39, 0.29) is 0 Å². The van der Waals surface area contributed by atoms with E-state index in [0.29, 0.717) is 6.54 Å². The number of nitrogens with two attached hydrogens (primary N) is 1. The van der Waals surface area contributed by atoms with Gasteiger partial charge in [0.05, 0.1) is 18.1 Å². The molecule has 0 aliphatic heterocycles. The van der Waals surface area contributed by atoms with Gasteiger partial charge in [0.1, 0.15) is 5.82 Å². The predicted octanol–water partition coefficient (Wildman–Crippen LogP) is 0.156. The average Bonchev–Trinajstić information content (AvgIpc) is 2.04. The Morgan fingerprint density at radius 2 is 2.09 bits per heavy atom. The molecule has 4 nitrogen and oxygen atoms in total. The quantitative estimate of drug-likeness (QED) is 0.647. The molecule has 0 amide bonds. The van der Waals surface area contributed by atoms with Crippen LogP contribution >= 0.6 is 0 Å². The number of anilines is 1. The van der Waals surface area contributed by atoms with Crippen molar-refractivity contribution in [1.29, 1.82) is 0 Å². The molecule has 60 valence electrons. The minimum absolute atomic E-state index is 0.619. The largest absolute Gasteiger partial charge is 0.381 e. The molecule has 1 aromatic rings. The molecule has 0 atom stereocenters. The molecule has 0 unspecified atom stereocenters. The van der Waals surface area contributed by atoms with Gasteiger partial charge in [-0.2, -0.15) is 0 Å². The Bertz CT molecular complexity index is 206.